The van der Waals surface area contributed by atoms with E-state index in [1.54, 1.807) is 7.11 Å². The van der Waals surface area contributed by atoms with Gasteiger partial charge in [-0.25, -0.2) is 0 Å². The Morgan fingerprint density at radius 2 is 1.43 bits per heavy atom. The van der Waals surface area contributed by atoms with Gasteiger partial charge in [-0.05, 0) is 41.5 Å². The van der Waals surface area contributed by atoms with E-state index in [2.05, 4.69) is 42.5 Å². The van der Waals surface area contributed by atoms with Crippen molar-refractivity contribution in [1.82, 2.24) is 0 Å². The molecule has 0 aromatic heterocycles. The highest BCUT2D eigenvalue weighted by molar-refractivity contribution is 5.44. The first kappa shape index (κ1) is 18.6. The van der Waals surface area contributed by atoms with E-state index in [0.717, 1.165) is 29.9 Å². The fourth-order valence-electron chi connectivity index (χ4n) is 3.58. The predicted molar refractivity (Wildman–Crippen MR) is 111 cm³/mol. The van der Waals surface area contributed by atoms with Crippen molar-refractivity contribution in [3.63, 3.8) is 0 Å². The molecule has 0 saturated heterocycles. The van der Waals surface area contributed by atoms with Crippen molar-refractivity contribution < 1.29 is 14.2 Å². The first-order valence-electron chi connectivity index (χ1n) is 9.82. The second-order valence-corrected chi connectivity index (χ2v) is 7.26. The molecule has 1 saturated carbocycles. The highest BCUT2D eigenvalue weighted by Crippen LogP contribution is 2.44. The molecule has 1 aliphatic rings. The molecule has 0 bridgehead atoms. The summed E-state index contributed by atoms with van der Waals surface area (Å²) >= 11 is 0. The minimum atomic E-state index is 0.314. The van der Waals surface area contributed by atoms with Crippen LogP contribution in [0.3, 0.4) is 0 Å². The number of methoxy groups -OCH3 is 1. The molecule has 1 fully saturated rings. The van der Waals surface area contributed by atoms with Crippen LogP contribution in [0.25, 0.3) is 0 Å². The zero-order valence-electron chi connectivity index (χ0n) is 16.2. The molecule has 0 radical (unpaired) electrons. The van der Waals surface area contributed by atoms with Crippen molar-refractivity contribution in [2.75, 3.05) is 7.11 Å². The topological polar surface area (TPSA) is 27.7 Å². The normalized spacial score (nSPS) is 18.3. The second kappa shape index (κ2) is 8.94. The van der Waals surface area contributed by atoms with Crippen LogP contribution in [0.15, 0.2) is 78.9 Å². The molecule has 0 amide bonds. The maximum Gasteiger partial charge on any atom is 0.126 e. The molecular formula is C25H26O3. The van der Waals surface area contributed by atoms with Gasteiger partial charge in [0.2, 0.25) is 0 Å². The van der Waals surface area contributed by atoms with Crippen molar-refractivity contribution in [1.29, 1.82) is 0 Å². The summed E-state index contributed by atoms with van der Waals surface area (Å²) in [4.78, 5) is 0. The molecule has 0 atom stereocenters. The summed E-state index contributed by atoms with van der Waals surface area (Å²) in [5, 5.41) is 0. The number of benzene rings is 3. The molecule has 1 aliphatic carbocycles. The van der Waals surface area contributed by atoms with E-state index < -0.39 is 0 Å². The Hall–Kier alpha value is -2.78. The van der Waals surface area contributed by atoms with Crippen LogP contribution in [0.1, 0.15) is 35.4 Å². The van der Waals surface area contributed by atoms with Gasteiger partial charge in [0.05, 0.1) is 19.8 Å². The summed E-state index contributed by atoms with van der Waals surface area (Å²) in [6.45, 7) is 1.24. The smallest absolute Gasteiger partial charge is 0.126 e. The van der Waals surface area contributed by atoms with E-state index in [1.165, 1.54) is 11.1 Å². The molecule has 0 unspecified atom stereocenters. The lowest BCUT2D eigenvalue weighted by Gasteiger charge is -2.36. The van der Waals surface area contributed by atoms with Crippen molar-refractivity contribution in [3.05, 3.63) is 95.6 Å². The van der Waals surface area contributed by atoms with Crippen molar-refractivity contribution in [3.8, 4) is 11.5 Å². The van der Waals surface area contributed by atoms with E-state index in [-0.39, 0.29) is 0 Å². The molecule has 4 rings (SSSR count). The van der Waals surface area contributed by atoms with Crippen LogP contribution in [0.4, 0.5) is 0 Å². The van der Waals surface area contributed by atoms with Crippen LogP contribution in [0.2, 0.25) is 0 Å². The lowest BCUT2D eigenvalue weighted by molar-refractivity contribution is -0.0211. The summed E-state index contributed by atoms with van der Waals surface area (Å²) in [6.07, 6.45) is 2.37. The Kier molecular flexibility index (Phi) is 5.93. The average Bonchev–Trinajstić information content (AvgIpc) is 2.73. The second-order valence-electron chi connectivity index (χ2n) is 7.26. The number of hydrogen-bond acceptors (Lipinski definition) is 3. The summed E-state index contributed by atoms with van der Waals surface area (Å²) in [5.41, 5.74) is 3.63. The predicted octanol–water partition coefficient (Wildman–Crippen LogP) is 5.74. The quantitative estimate of drug-likeness (QED) is 0.503. The monoisotopic (exact) mass is 374 g/mol. The van der Waals surface area contributed by atoms with Gasteiger partial charge in [0.15, 0.2) is 0 Å². The third-order valence-electron chi connectivity index (χ3n) is 5.32. The van der Waals surface area contributed by atoms with Crippen molar-refractivity contribution in [2.45, 2.75) is 38.1 Å². The molecule has 3 heteroatoms. The minimum absolute atomic E-state index is 0.314. The highest BCUT2D eigenvalue weighted by atomic mass is 16.5. The fraction of sp³-hybridized carbons (Fsp3) is 0.280. The Morgan fingerprint density at radius 1 is 0.786 bits per heavy atom. The van der Waals surface area contributed by atoms with Crippen LogP contribution in [0.5, 0.6) is 11.5 Å². The molecule has 3 aromatic carbocycles. The molecule has 0 N–H and O–H groups in total. The van der Waals surface area contributed by atoms with Gasteiger partial charge in [-0.1, -0.05) is 66.7 Å². The molecule has 28 heavy (non-hydrogen) atoms. The first-order chi connectivity index (χ1) is 13.8. The summed E-state index contributed by atoms with van der Waals surface area (Å²) in [6, 6.07) is 26.7. The SMILES string of the molecule is COc1ccc(C2CC(OCc3ccccc3)C2)c(OCc2ccccc2)c1. The molecule has 144 valence electrons. The lowest BCUT2D eigenvalue weighted by Crippen LogP contribution is -2.30. The van der Waals surface area contributed by atoms with Crippen LogP contribution < -0.4 is 9.47 Å². The van der Waals surface area contributed by atoms with Crippen molar-refractivity contribution >= 4 is 0 Å². The van der Waals surface area contributed by atoms with Gasteiger partial charge in [-0.2, -0.15) is 0 Å². The van der Waals surface area contributed by atoms with E-state index in [4.69, 9.17) is 14.2 Å². The van der Waals surface area contributed by atoms with E-state index in [9.17, 15) is 0 Å². The minimum Gasteiger partial charge on any atom is -0.497 e. The molecule has 3 nitrogen and oxygen atoms in total. The number of ether oxygens (including phenoxy) is 3. The Bertz CT molecular complexity index is 871. The molecule has 0 heterocycles. The zero-order chi connectivity index (χ0) is 19.2. The third-order valence-corrected chi connectivity index (χ3v) is 5.32. The van der Waals surface area contributed by atoms with Crippen LogP contribution in [-0.2, 0) is 18.0 Å². The van der Waals surface area contributed by atoms with E-state index >= 15 is 0 Å². The van der Waals surface area contributed by atoms with E-state index in [0.29, 0.717) is 25.2 Å². The lowest BCUT2D eigenvalue weighted by atomic mass is 9.77. The summed E-state index contributed by atoms with van der Waals surface area (Å²) in [7, 11) is 1.69. The Labute approximate surface area is 166 Å². The van der Waals surface area contributed by atoms with Gasteiger partial charge in [0.1, 0.15) is 18.1 Å². The Morgan fingerprint density at radius 3 is 2.07 bits per heavy atom. The highest BCUT2D eigenvalue weighted by Gasteiger charge is 2.33. The number of rotatable bonds is 8. The van der Waals surface area contributed by atoms with Crippen LogP contribution >= 0.6 is 0 Å². The molecule has 3 aromatic rings. The van der Waals surface area contributed by atoms with Gasteiger partial charge in [0, 0.05) is 6.07 Å². The van der Waals surface area contributed by atoms with Crippen LogP contribution in [0, 0.1) is 0 Å². The Balaban J connectivity index is 1.37. The van der Waals surface area contributed by atoms with Gasteiger partial charge >= 0.3 is 0 Å². The fourth-order valence-corrected chi connectivity index (χ4v) is 3.58. The van der Waals surface area contributed by atoms with E-state index in [1.807, 2.05) is 36.4 Å². The zero-order valence-corrected chi connectivity index (χ0v) is 16.2. The molecule has 0 aliphatic heterocycles. The molecular weight excluding hydrogens is 348 g/mol. The third kappa shape index (κ3) is 4.55. The van der Waals surface area contributed by atoms with Gasteiger partial charge in [-0.15, -0.1) is 0 Å². The standard InChI is InChI=1S/C25H26O3/c1-26-22-12-13-24(25(16-22)28-18-20-10-6-3-7-11-20)21-14-23(15-21)27-17-19-8-4-2-5-9-19/h2-13,16,21,23H,14-15,17-18H2,1H3. The average molecular weight is 374 g/mol. The van der Waals surface area contributed by atoms with Crippen LogP contribution in [-0.4, -0.2) is 13.2 Å². The molecule has 0 spiro atoms. The largest absolute Gasteiger partial charge is 0.497 e. The number of hydrogen-bond donors (Lipinski definition) is 0. The maximum absolute atomic E-state index is 6.17. The first-order valence-corrected chi connectivity index (χ1v) is 9.82. The van der Waals surface area contributed by atoms with Gasteiger partial charge < -0.3 is 14.2 Å². The van der Waals surface area contributed by atoms with Crippen molar-refractivity contribution in [2.24, 2.45) is 0 Å². The van der Waals surface area contributed by atoms with Gasteiger partial charge in [0.25, 0.3) is 0 Å². The summed E-state index contributed by atoms with van der Waals surface area (Å²) in [5.74, 6) is 2.20. The maximum atomic E-state index is 6.17. The summed E-state index contributed by atoms with van der Waals surface area (Å²) < 4.78 is 17.6. The van der Waals surface area contributed by atoms with Gasteiger partial charge in [-0.3, -0.25) is 0 Å².